The molecule has 122 valence electrons. The minimum atomic E-state index is -0.0457. The number of anilines is 1. The molecule has 2 aromatic carbocycles. The number of nitrogens with one attached hydrogen (secondary N) is 1. The Kier molecular flexibility index (Phi) is 3.69. The summed E-state index contributed by atoms with van der Waals surface area (Å²) < 4.78 is 2.23. The first-order valence-corrected chi connectivity index (χ1v) is 8.27. The van der Waals surface area contributed by atoms with E-state index in [0.717, 1.165) is 41.1 Å². The molecular formula is C19H20N4O. The van der Waals surface area contributed by atoms with Gasteiger partial charge in [-0.1, -0.05) is 24.3 Å². The van der Waals surface area contributed by atoms with Gasteiger partial charge in [0, 0.05) is 31.7 Å². The maximum absolute atomic E-state index is 12.6. The lowest BCUT2D eigenvalue weighted by Gasteiger charge is -2.20. The highest BCUT2D eigenvalue weighted by Gasteiger charge is 2.20. The van der Waals surface area contributed by atoms with E-state index in [0.29, 0.717) is 13.1 Å². The SMILES string of the molecule is Cc1cccc(NC(=O)N2CCc3nc4ccccc4n3CC2)c1. The highest BCUT2D eigenvalue weighted by atomic mass is 16.2. The van der Waals surface area contributed by atoms with E-state index in [1.165, 1.54) is 0 Å². The molecule has 2 heterocycles. The molecule has 0 saturated carbocycles. The van der Waals surface area contributed by atoms with Gasteiger partial charge in [0.25, 0.3) is 0 Å². The number of hydrogen-bond acceptors (Lipinski definition) is 2. The van der Waals surface area contributed by atoms with Crippen LogP contribution in [0.3, 0.4) is 0 Å². The van der Waals surface area contributed by atoms with E-state index >= 15 is 0 Å². The van der Waals surface area contributed by atoms with Gasteiger partial charge < -0.3 is 14.8 Å². The van der Waals surface area contributed by atoms with Crippen molar-refractivity contribution in [1.82, 2.24) is 14.5 Å². The molecule has 1 aliphatic heterocycles. The predicted molar refractivity (Wildman–Crippen MR) is 95.2 cm³/mol. The van der Waals surface area contributed by atoms with Crippen molar-refractivity contribution in [3.8, 4) is 0 Å². The predicted octanol–water partition coefficient (Wildman–Crippen LogP) is 3.43. The fraction of sp³-hybridized carbons (Fsp3) is 0.263. The number of aryl methyl sites for hydroxylation is 1. The average Bonchev–Trinajstić information content (AvgIpc) is 2.79. The molecule has 1 aromatic heterocycles. The number of amides is 2. The van der Waals surface area contributed by atoms with Gasteiger partial charge in [-0.2, -0.15) is 0 Å². The summed E-state index contributed by atoms with van der Waals surface area (Å²) in [7, 11) is 0. The molecule has 3 aromatic rings. The maximum atomic E-state index is 12.6. The number of benzene rings is 2. The van der Waals surface area contributed by atoms with Gasteiger partial charge in [-0.25, -0.2) is 9.78 Å². The zero-order chi connectivity index (χ0) is 16.5. The smallest absolute Gasteiger partial charge is 0.321 e. The van der Waals surface area contributed by atoms with E-state index in [2.05, 4.69) is 16.0 Å². The lowest BCUT2D eigenvalue weighted by molar-refractivity contribution is 0.213. The second-order valence-corrected chi connectivity index (χ2v) is 6.21. The Labute approximate surface area is 140 Å². The molecule has 0 unspecified atom stereocenters. The minimum Gasteiger partial charge on any atom is -0.326 e. The number of rotatable bonds is 1. The van der Waals surface area contributed by atoms with Crippen LogP contribution >= 0.6 is 0 Å². The van der Waals surface area contributed by atoms with Crippen LogP contribution in [0.4, 0.5) is 10.5 Å². The number of carbonyl (C=O) groups excluding carboxylic acids is 1. The quantitative estimate of drug-likeness (QED) is 0.747. The molecule has 0 radical (unpaired) electrons. The van der Waals surface area contributed by atoms with Crippen LogP contribution in [-0.4, -0.2) is 33.6 Å². The Hall–Kier alpha value is -2.82. The van der Waals surface area contributed by atoms with Crippen LogP contribution in [0, 0.1) is 6.92 Å². The summed E-state index contributed by atoms with van der Waals surface area (Å²) in [6.07, 6.45) is 0.774. The lowest BCUT2D eigenvalue weighted by atomic mass is 10.2. The van der Waals surface area contributed by atoms with E-state index in [1.54, 1.807) is 0 Å². The van der Waals surface area contributed by atoms with Crippen molar-refractivity contribution in [3.05, 3.63) is 59.9 Å². The van der Waals surface area contributed by atoms with Gasteiger partial charge in [-0.05, 0) is 36.8 Å². The third-order valence-corrected chi connectivity index (χ3v) is 4.49. The van der Waals surface area contributed by atoms with Gasteiger partial charge in [0.2, 0.25) is 0 Å². The summed E-state index contributed by atoms with van der Waals surface area (Å²) in [6.45, 7) is 4.16. The van der Waals surface area contributed by atoms with E-state index < -0.39 is 0 Å². The maximum Gasteiger partial charge on any atom is 0.321 e. The van der Waals surface area contributed by atoms with Crippen molar-refractivity contribution in [2.24, 2.45) is 0 Å². The first-order chi connectivity index (χ1) is 11.7. The Morgan fingerprint density at radius 3 is 2.83 bits per heavy atom. The van der Waals surface area contributed by atoms with Gasteiger partial charge in [-0.15, -0.1) is 0 Å². The van der Waals surface area contributed by atoms with Crippen LogP contribution < -0.4 is 5.32 Å². The summed E-state index contributed by atoms with van der Waals surface area (Å²) in [5.41, 5.74) is 4.15. The number of hydrogen-bond donors (Lipinski definition) is 1. The van der Waals surface area contributed by atoms with E-state index in [-0.39, 0.29) is 6.03 Å². The Morgan fingerprint density at radius 1 is 1.08 bits per heavy atom. The van der Waals surface area contributed by atoms with E-state index in [4.69, 9.17) is 4.98 Å². The second-order valence-electron chi connectivity index (χ2n) is 6.21. The zero-order valence-corrected chi connectivity index (χ0v) is 13.7. The van der Waals surface area contributed by atoms with Crippen molar-refractivity contribution in [3.63, 3.8) is 0 Å². The van der Waals surface area contributed by atoms with Crippen molar-refractivity contribution in [2.45, 2.75) is 19.9 Å². The largest absolute Gasteiger partial charge is 0.326 e. The molecule has 5 nitrogen and oxygen atoms in total. The molecule has 0 saturated heterocycles. The summed E-state index contributed by atoms with van der Waals surface area (Å²) in [4.78, 5) is 19.1. The molecule has 0 fully saturated rings. The van der Waals surface area contributed by atoms with Gasteiger partial charge in [0.15, 0.2) is 0 Å². The number of carbonyl (C=O) groups is 1. The standard InChI is InChI=1S/C19H20N4O/c1-14-5-4-6-15(13-14)20-19(24)22-10-9-18-21-16-7-2-3-8-17(16)23(18)12-11-22/h2-8,13H,9-12H2,1H3,(H,20,24). The van der Waals surface area contributed by atoms with Gasteiger partial charge in [0.1, 0.15) is 5.82 Å². The summed E-state index contributed by atoms with van der Waals surface area (Å²) in [5.74, 6) is 1.06. The zero-order valence-electron chi connectivity index (χ0n) is 13.7. The Morgan fingerprint density at radius 2 is 1.96 bits per heavy atom. The van der Waals surface area contributed by atoms with Crippen molar-refractivity contribution in [1.29, 1.82) is 0 Å². The molecule has 2 amide bonds. The van der Waals surface area contributed by atoms with Crippen LogP contribution in [0.5, 0.6) is 0 Å². The topological polar surface area (TPSA) is 50.2 Å². The lowest BCUT2D eigenvalue weighted by Crippen LogP contribution is -2.37. The molecule has 1 aliphatic rings. The number of para-hydroxylation sites is 2. The van der Waals surface area contributed by atoms with Crippen LogP contribution in [0.15, 0.2) is 48.5 Å². The van der Waals surface area contributed by atoms with Crippen LogP contribution in [0.25, 0.3) is 11.0 Å². The molecule has 0 spiro atoms. The first kappa shape index (κ1) is 14.8. The Bertz CT molecular complexity index is 899. The fourth-order valence-electron chi connectivity index (χ4n) is 3.26. The minimum absolute atomic E-state index is 0.0457. The summed E-state index contributed by atoms with van der Waals surface area (Å²) in [6, 6.07) is 16.0. The molecule has 1 N–H and O–H groups in total. The van der Waals surface area contributed by atoms with E-state index in [1.807, 2.05) is 54.3 Å². The molecule has 24 heavy (non-hydrogen) atoms. The fourth-order valence-corrected chi connectivity index (χ4v) is 3.26. The second kappa shape index (κ2) is 6.00. The number of fused-ring (bicyclic) bond motifs is 3. The molecule has 0 bridgehead atoms. The third kappa shape index (κ3) is 2.73. The van der Waals surface area contributed by atoms with Gasteiger partial charge in [0.05, 0.1) is 11.0 Å². The van der Waals surface area contributed by atoms with Crippen LogP contribution in [-0.2, 0) is 13.0 Å². The third-order valence-electron chi connectivity index (χ3n) is 4.49. The van der Waals surface area contributed by atoms with Crippen molar-refractivity contribution >= 4 is 22.8 Å². The summed E-state index contributed by atoms with van der Waals surface area (Å²) in [5, 5.41) is 2.99. The van der Waals surface area contributed by atoms with Gasteiger partial charge >= 0.3 is 6.03 Å². The molecule has 0 atom stereocenters. The highest BCUT2D eigenvalue weighted by Crippen LogP contribution is 2.19. The number of urea groups is 1. The molecule has 0 aliphatic carbocycles. The van der Waals surface area contributed by atoms with Gasteiger partial charge in [-0.3, -0.25) is 0 Å². The highest BCUT2D eigenvalue weighted by molar-refractivity contribution is 5.89. The molecule has 5 heteroatoms. The number of aromatic nitrogens is 2. The Balaban J connectivity index is 1.50. The molecular weight excluding hydrogens is 300 g/mol. The summed E-state index contributed by atoms with van der Waals surface area (Å²) >= 11 is 0. The van der Waals surface area contributed by atoms with Crippen LogP contribution in [0.2, 0.25) is 0 Å². The number of imidazole rings is 1. The average molecular weight is 320 g/mol. The first-order valence-electron chi connectivity index (χ1n) is 8.27. The van der Waals surface area contributed by atoms with Crippen molar-refractivity contribution in [2.75, 3.05) is 18.4 Å². The van der Waals surface area contributed by atoms with Crippen LogP contribution in [0.1, 0.15) is 11.4 Å². The monoisotopic (exact) mass is 320 g/mol. The van der Waals surface area contributed by atoms with Crippen molar-refractivity contribution < 1.29 is 4.79 Å². The molecule has 4 rings (SSSR count). The normalized spacial score (nSPS) is 14.3. The van der Waals surface area contributed by atoms with E-state index in [9.17, 15) is 4.79 Å². The number of nitrogens with zero attached hydrogens (tertiary/aromatic N) is 3.